The molecule has 0 saturated carbocycles. The van der Waals surface area contributed by atoms with Gasteiger partial charge in [0.05, 0.1) is 0 Å². The number of unbranched alkanes of at least 4 members (excludes halogenated alkanes) is 1. The summed E-state index contributed by atoms with van der Waals surface area (Å²) in [6.45, 7) is 3.15. The molecule has 1 radical (unpaired) electrons. The van der Waals surface area contributed by atoms with E-state index < -0.39 is 24.7 Å². The largest absolute Gasteiger partial charge is 0.369 e. The molecule has 0 aliphatic carbocycles. The lowest BCUT2D eigenvalue weighted by Gasteiger charge is -2.25. The molecule has 0 aromatic heterocycles. The highest BCUT2D eigenvalue weighted by atomic mass is 19.3. The Labute approximate surface area is 71.9 Å². The van der Waals surface area contributed by atoms with Crippen LogP contribution < -0.4 is 0 Å². The third kappa shape index (κ3) is 2.77. The number of alkyl halides is 6. The average molecular weight is 207 g/mol. The van der Waals surface area contributed by atoms with E-state index in [2.05, 4.69) is 6.92 Å². The van der Waals surface area contributed by atoms with Crippen LogP contribution >= 0.6 is 0 Å². The third-order valence-corrected chi connectivity index (χ3v) is 1.50. The van der Waals surface area contributed by atoms with Gasteiger partial charge in [0.25, 0.3) is 0 Å². The highest BCUT2D eigenvalue weighted by Crippen LogP contribution is 2.42. The maximum Gasteiger partial charge on any atom is 0.369 e. The fourth-order valence-electron chi connectivity index (χ4n) is 0.673. The van der Waals surface area contributed by atoms with Crippen molar-refractivity contribution < 1.29 is 26.3 Å². The van der Waals surface area contributed by atoms with Crippen LogP contribution in [-0.2, 0) is 0 Å². The average Bonchev–Trinajstić information content (AvgIpc) is 2.00. The van der Waals surface area contributed by atoms with Crippen molar-refractivity contribution in [3.8, 4) is 0 Å². The lowest BCUT2D eigenvalue weighted by molar-refractivity contribution is -0.266. The zero-order valence-electron chi connectivity index (χ0n) is 6.67. The third-order valence-electron chi connectivity index (χ3n) is 1.50. The van der Waals surface area contributed by atoms with Gasteiger partial charge in [-0.1, -0.05) is 13.3 Å². The van der Waals surface area contributed by atoms with E-state index in [1.807, 2.05) is 0 Å². The predicted molar refractivity (Wildman–Crippen MR) is 35.1 cm³/mol. The van der Waals surface area contributed by atoms with Crippen molar-refractivity contribution in [2.45, 2.75) is 37.5 Å². The fourth-order valence-corrected chi connectivity index (χ4v) is 0.673. The van der Waals surface area contributed by atoms with E-state index in [0.717, 1.165) is 0 Å². The minimum Gasteiger partial charge on any atom is -0.203 e. The molecule has 13 heavy (non-hydrogen) atoms. The van der Waals surface area contributed by atoms with Crippen molar-refractivity contribution in [2.24, 2.45) is 0 Å². The first-order valence-electron chi connectivity index (χ1n) is 3.58. The number of hydrogen-bond acceptors (Lipinski definition) is 0. The molecule has 0 bridgehead atoms. The van der Waals surface area contributed by atoms with Gasteiger partial charge in [0.1, 0.15) is 0 Å². The summed E-state index contributed by atoms with van der Waals surface area (Å²) in [5, 5.41) is 0. The molecule has 0 amide bonds. The molecule has 0 spiro atoms. The summed E-state index contributed by atoms with van der Waals surface area (Å²) in [4.78, 5) is 0. The molecule has 0 nitrogen and oxygen atoms in total. The summed E-state index contributed by atoms with van der Waals surface area (Å²) in [6, 6.07) is 0. The molecular formula is C7H9F6. The molecule has 6 heteroatoms. The summed E-state index contributed by atoms with van der Waals surface area (Å²) in [5.74, 6) is -9.90. The van der Waals surface area contributed by atoms with Crippen LogP contribution in [0.4, 0.5) is 26.3 Å². The van der Waals surface area contributed by atoms with Gasteiger partial charge in [-0.05, 0) is 6.42 Å². The van der Waals surface area contributed by atoms with Gasteiger partial charge >= 0.3 is 18.3 Å². The predicted octanol–water partition coefficient (Wildman–Crippen LogP) is 3.53. The van der Waals surface area contributed by atoms with Crippen molar-refractivity contribution >= 4 is 0 Å². The minimum absolute atomic E-state index is 0.00884. The van der Waals surface area contributed by atoms with Crippen LogP contribution in [0.25, 0.3) is 0 Å². The Bertz CT molecular complexity index is 153. The smallest absolute Gasteiger partial charge is 0.203 e. The highest BCUT2D eigenvalue weighted by molar-refractivity contribution is 4.86. The molecule has 0 aromatic rings. The first kappa shape index (κ1) is 12.6. The number of halogens is 6. The first-order chi connectivity index (χ1) is 5.75. The standard InChI is InChI=1S/C7H9F6/c1-2-3-4-6(10,11)7(12,13)5(8)9/h5H,1-4H2. The Hall–Kier alpha value is -0.420. The molecule has 0 atom stereocenters. The lowest BCUT2D eigenvalue weighted by atomic mass is 10.1. The molecule has 79 valence electrons. The van der Waals surface area contributed by atoms with Crippen LogP contribution in [0.2, 0.25) is 0 Å². The molecule has 0 aromatic carbocycles. The monoisotopic (exact) mass is 207 g/mol. The zero-order valence-corrected chi connectivity index (χ0v) is 6.67. The summed E-state index contributed by atoms with van der Waals surface area (Å²) in [5.41, 5.74) is 0. The molecule has 0 fully saturated rings. The van der Waals surface area contributed by atoms with Crippen LogP contribution in [-0.4, -0.2) is 18.3 Å². The van der Waals surface area contributed by atoms with Gasteiger partial charge in [-0.3, -0.25) is 0 Å². The van der Waals surface area contributed by atoms with Crippen LogP contribution in [0.3, 0.4) is 0 Å². The topological polar surface area (TPSA) is 0 Å². The Morgan fingerprint density at radius 2 is 1.54 bits per heavy atom. The lowest BCUT2D eigenvalue weighted by Crippen LogP contribution is -2.46. The quantitative estimate of drug-likeness (QED) is 0.605. The van der Waals surface area contributed by atoms with Crippen LogP contribution in [0.1, 0.15) is 19.3 Å². The van der Waals surface area contributed by atoms with E-state index in [1.165, 1.54) is 0 Å². The van der Waals surface area contributed by atoms with E-state index in [4.69, 9.17) is 0 Å². The number of rotatable bonds is 5. The first-order valence-corrected chi connectivity index (χ1v) is 3.58. The van der Waals surface area contributed by atoms with Crippen LogP contribution in [0.5, 0.6) is 0 Å². The van der Waals surface area contributed by atoms with Gasteiger partial charge in [-0.25, -0.2) is 8.78 Å². The second-order valence-corrected chi connectivity index (χ2v) is 2.59. The SMILES string of the molecule is [CH2]CCCC(F)(F)C(F)(F)C(F)F. The maximum atomic E-state index is 12.4. The molecule has 0 heterocycles. The van der Waals surface area contributed by atoms with E-state index >= 15 is 0 Å². The molecule has 0 unspecified atom stereocenters. The van der Waals surface area contributed by atoms with Crippen LogP contribution in [0, 0.1) is 6.92 Å². The molecule has 0 aliphatic heterocycles. The second kappa shape index (κ2) is 4.19. The molecule has 0 rings (SSSR count). The van der Waals surface area contributed by atoms with E-state index in [0.29, 0.717) is 0 Å². The number of hydrogen-bond donors (Lipinski definition) is 0. The summed E-state index contributed by atoms with van der Waals surface area (Å²) in [7, 11) is 0. The van der Waals surface area contributed by atoms with Crippen molar-refractivity contribution in [1.29, 1.82) is 0 Å². The molecule has 0 saturated heterocycles. The van der Waals surface area contributed by atoms with E-state index in [9.17, 15) is 26.3 Å². The second-order valence-electron chi connectivity index (χ2n) is 2.59. The summed E-state index contributed by atoms with van der Waals surface area (Å²) >= 11 is 0. The highest BCUT2D eigenvalue weighted by Gasteiger charge is 2.61. The fraction of sp³-hybridized carbons (Fsp3) is 0.857. The van der Waals surface area contributed by atoms with Crippen molar-refractivity contribution in [2.75, 3.05) is 0 Å². The maximum absolute atomic E-state index is 12.4. The van der Waals surface area contributed by atoms with Gasteiger partial charge < -0.3 is 0 Å². The Kier molecular flexibility index (Phi) is 4.06. The van der Waals surface area contributed by atoms with Crippen LogP contribution in [0.15, 0.2) is 0 Å². The van der Waals surface area contributed by atoms with Crippen molar-refractivity contribution in [3.05, 3.63) is 6.92 Å². The zero-order chi connectivity index (χ0) is 10.7. The summed E-state index contributed by atoms with van der Waals surface area (Å²) in [6.07, 6.45) is -5.91. The van der Waals surface area contributed by atoms with E-state index in [-0.39, 0.29) is 12.8 Å². The van der Waals surface area contributed by atoms with E-state index in [1.54, 1.807) is 0 Å². The van der Waals surface area contributed by atoms with Gasteiger partial charge in [-0.15, -0.1) is 0 Å². The Morgan fingerprint density at radius 1 is 1.08 bits per heavy atom. The minimum atomic E-state index is -5.25. The molecule has 0 aliphatic rings. The Morgan fingerprint density at radius 3 is 1.85 bits per heavy atom. The molecule has 0 N–H and O–H groups in total. The Balaban J connectivity index is 4.41. The van der Waals surface area contributed by atoms with Gasteiger partial charge in [0.2, 0.25) is 0 Å². The normalized spacial score (nSPS) is 13.8. The van der Waals surface area contributed by atoms with Gasteiger partial charge in [0, 0.05) is 6.42 Å². The summed E-state index contributed by atoms with van der Waals surface area (Å²) < 4.78 is 72.0. The van der Waals surface area contributed by atoms with Crippen molar-refractivity contribution in [3.63, 3.8) is 0 Å². The van der Waals surface area contributed by atoms with Gasteiger partial charge in [0.15, 0.2) is 0 Å². The molecular weight excluding hydrogens is 198 g/mol. The van der Waals surface area contributed by atoms with Gasteiger partial charge in [-0.2, -0.15) is 17.6 Å². The van der Waals surface area contributed by atoms with Crippen molar-refractivity contribution in [1.82, 2.24) is 0 Å².